The first-order valence-corrected chi connectivity index (χ1v) is 7.35. The Labute approximate surface area is 127 Å². The summed E-state index contributed by atoms with van der Waals surface area (Å²) in [6.07, 6.45) is 1.04. The van der Waals surface area contributed by atoms with Crippen molar-refractivity contribution in [3.63, 3.8) is 0 Å². The van der Waals surface area contributed by atoms with Crippen LogP contribution in [0.4, 0.5) is 0 Å². The summed E-state index contributed by atoms with van der Waals surface area (Å²) in [6, 6.07) is 7.49. The molecule has 5 heteroatoms. The van der Waals surface area contributed by atoms with Gasteiger partial charge in [-0.2, -0.15) is 0 Å². The van der Waals surface area contributed by atoms with Gasteiger partial charge in [0.1, 0.15) is 17.6 Å². The number of methoxy groups -OCH3 is 1. The van der Waals surface area contributed by atoms with E-state index in [9.17, 15) is 0 Å². The van der Waals surface area contributed by atoms with E-state index in [2.05, 4.69) is 24.2 Å². The van der Waals surface area contributed by atoms with Gasteiger partial charge >= 0.3 is 0 Å². The lowest BCUT2D eigenvalue weighted by Gasteiger charge is -2.14. The zero-order valence-corrected chi connectivity index (χ0v) is 13.4. The molecule has 0 spiro atoms. The number of ether oxygens (including phenoxy) is 2. The van der Waals surface area contributed by atoms with Crippen LogP contribution in [0.15, 0.2) is 29.3 Å². The number of hydrogen-bond donors (Lipinski definition) is 2. The first-order chi connectivity index (χ1) is 10.0. The van der Waals surface area contributed by atoms with Crippen molar-refractivity contribution in [3.8, 4) is 11.5 Å². The second kappa shape index (κ2) is 9.10. The van der Waals surface area contributed by atoms with Gasteiger partial charge in [0.25, 0.3) is 0 Å². The highest BCUT2D eigenvalue weighted by Crippen LogP contribution is 2.18. The molecule has 1 aromatic rings. The van der Waals surface area contributed by atoms with Crippen LogP contribution in [-0.2, 0) is 0 Å². The molecule has 1 atom stereocenters. The highest BCUT2D eigenvalue weighted by molar-refractivity contribution is 5.77. The van der Waals surface area contributed by atoms with Crippen molar-refractivity contribution >= 4 is 5.96 Å². The van der Waals surface area contributed by atoms with E-state index in [1.165, 1.54) is 0 Å². The fraction of sp³-hybridized carbons (Fsp3) is 0.562. The second-order valence-electron chi connectivity index (χ2n) is 5.44. The number of nitrogens with one attached hydrogen (secondary N) is 1. The molecule has 0 saturated carbocycles. The number of guanidine groups is 1. The lowest BCUT2D eigenvalue weighted by molar-refractivity contribution is 0.230. The van der Waals surface area contributed by atoms with Crippen LogP contribution in [0.5, 0.6) is 11.5 Å². The molecule has 1 unspecified atom stereocenters. The van der Waals surface area contributed by atoms with Crippen LogP contribution in [0.25, 0.3) is 0 Å². The molecule has 0 heterocycles. The van der Waals surface area contributed by atoms with Crippen molar-refractivity contribution < 1.29 is 9.47 Å². The summed E-state index contributed by atoms with van der Waals surface area (Å²) >= 11 is 0. The minimum atomic E-state index is -0.0381. The average molecular weight is 293 g/mol. The Hall–Kier alpha value is -1.91. The van der Waals surface area contributed by atoms with Crippen molar-refractivity contribution in [1.29, 1.82) is 0 Å². The van der Waals surface area contributed by atoms with Crippen LogP contribution >= 0.6 is 0 Å². The van der Waals surface area contributed by atoms with E-state index in [1.807, 2.05) is 31.2 Å². The SMILES string of the molecule is COc1ccc(OC(C)CN=C(N)NCCC(C)C)cc1. The number of hydrogen-bond acceptors (Lipinski definition) is 3. The first kappa shape index (κ1) is 17.1. The van der Waals surface area contributed by atoms with E-state index >= 15 is 0 Å². The van der Waals surface area contributed by atoms with Crippen LogP contribution in [0, 0.1) is 5.92 Å². The molecule has 0 fully saturated rings. The van der Waals surface area contributed by atoms with Crippen LogP contribution in [0.2, 0.25) is 0 Å². The van der Waals surface area contributed by atoms with E-state index in [4.69, 9.17) is 15.2 Å². The molecule has 0 aliphatic heterocycles. The van der Waals surface area contributed by atoms with E-state index < -0.39 is 0 Å². The van der Waals surface area contributed by atoms with Gasteiger partial charge in [-0.05, 0) is 43.5 Å². The minimum Gasteiger partial charge on any atom is -0.497 e. The largest absolute Gasteiger partial charge is 0.497 e. The Balaban J connectivity index is 2.33. The van der Waals surface area contributed by atoms with Crippen LogP contribution in [-0.4, -0.2) is 32.3 Å². The quantitative estimate of drug-likeness (QED) is 0.570. The third-order valence-corrected chi connectivity index (χ3v) is 2.94. The smallest absolute Gasteiger partial charge is 0.188 e. The fourth-order valence-electron chi connectivity index (χ4n) is 1.70. The highest BCUT2D eigenvalue weighted by Gasteiger charge is 2.04. The summed E-state index contributed by atoms with van der Waals surface area (Å²) in [4.78, 5) is 4.28. The molecule has 1 aromatic carbocycles. The Kier molecular flexibility index (Phi) is 7.43. The van der Waals surface area contributed by atoms with Crippen LogP contribution in [0.1, 0.15) is 27.2 Å². The van der Waals surface area contributed by atoms with Gasteiger partial charge < -0.3 is 20.5 Å². The lowest BCUT2D eigenvalue weighted by Crippen LogP contribution is -2.34. The molecule has 0 aliphatic carbocycles. The van der Waals surface area contributed by atoms with E-state index in [-0.39, 0.29) is 6.10 Å². The standard InChI is InChI=1S/C16H27N3O2/c1-12(2)9-10-18-16(17)19-11-13(3)21-15-7-5-14(20-4)6-8-15/h5-8,12-13H,9-11H2,1-4H3,(H3,17,18,19). The molecular weight excluding hydrogens is 266 g/mol. The normalized spacial score (nSPS) is 13.1. The van der Waals surface area contributed by atoms with Crippen LogP contribution < -0.4 is 20.5 Å². The predicted octanol–water partition coefficient (Wildman–Crippen LogP) is 2.41. The zero-order valence-electron chi connectivity index (χ0n) is 13.4. The molecule has 0 saturated heterocycles. The van der Waals surface area contributed by atoms with E-state index in [1.54, 1.807) is 7.11 Å². The van der Waals surface area contributed by atoms with Crippen molar-refractivity contribution in [2.45, 2.75) is 33.3 Å². The third kappa shape index (κ3) is 7.44. The van der Waals surface area contributed by atoms with Crippen molar-refractivity contribution in [1.82, 2.24) is 5.32 Å². The molecule has 0 aromatic heterocycles. The summed E-state index contributed by atoms with van der Waals surface area (Å²) in [5.41, 5.74) is 5.81. The Morgan fingerprint density at radius 1 is 1.19 bits per heavy atom. The molecule has 0 radical (unpaired) electrons. The van der Waals surface area contributed by atoms with E-state index in [0.717, 1.165) is 24.5 Å². The molecular formula is C16H27N3O2. The van der Waals surface area contributed by atoms with Crippen molar-refractivity contribution in [2.75, 3.05) is 20.2 Å². The van der Waals surface area contributed by atoms with Crippen molar-refractivity contribution in [2.24, 2.45) is 16.6 Å². The number of nitrogens with zero attached hydrogens (tertiary/aromatic N) is 1. The number of rotatable bonds is 8. The molecule has 118 valence electrons. The maximum absolute atomic E-state index is 5.81. The topological polar surface area (TPSA) is 68.9 Å². The molecule has 0 amide bonds. The van der Waals surface area contributed by atoms with Gasteiger partial charge in [-0.25, -0.2) is 4.99 Å². The van der Waals surface area contributed by atoms with Gasteiger partial charge in [-0.1, -0.05) is 13.8 Å². The summed E-state index contributed by atoms with van der Waals surface area (Å²) in [5.74, 6) is 2.74. The molecule has 21 heavy (non-hydrogen) atoms. The monoisotopic (exact) mass is 293 g/mol. The average Bonchev–Trinajstić information content (AvgIpc) is 2.45. The summed E-state index contributed by atoms with van der Waals surface area (Å²) in [6.45, 7) is 7.70. The fourth-order valence-corrected chi connectivity index (χ4v) is 1.70. The van der Waals surface area contributed by atoms with Gasteiger partial charge in [0.2, 0.25) is 0 Å². The van der Waals surface area contributed by atoms with Gasteiger partial charge in [0.05, 0.1) is 13.7 Å². The molecule has 3 N–H and O–H groups in total. The van der Waals surface area contributed by atoms with Gasteiger partial charge in [0, 0.05) is 6.54 Å². The highest BCUT2D eigenvalue weighted by atomic mass is 16.5. The summed E-state index contributed by atoms with van der Waals surface area (Å²) in [7, 11) is 1.64. The second-order valence-corrected chi connectivity index (χ2v) is 5.44. The summed E-state index contributed by atoms with van der Waals surface area (Å²) < 4.78 is 10.9. The maximum Gasteiger partial charge on any atom is 0.188 e. The van der Waals surface area contributed by atoms with Gasteiger partial charge in [-0.15, -0.1) is 0 Å². The Bertz CT molecular complexity index is 430. The number of nitrogens with two attached hydrogens (primary N) is 1. The predicted molar refractivity (Wildman–Crippen MR) is 87.0 cm³/mol. The third-order valence-electron chi connectivity index (χ3n) is 2.94. The van der Waals surface area contributed by atoms with E-state index in [0.29, 0.717) is 18.4 Å². The van der Waals surface area contributed by atoms with Crippen molar-refractivity contribution in [3.05, 3.63) is 24.3 Å². The first-order valence-electron chi connectivity index (χ1n) is 7.35. The Morgan fingerprint density at radius 3 is 2.38 bits per heavy atom. The van der Waals surface area contributed by atoms with Crippen LogP contribution in [0.3, 0.4) is 0 Å². The van der Waals surface area contributed by atoms with Gasteiger partial charge in [0.15, 0.2) is 5.96 Å². The van der Waals surface area contributed by atoms with Gasteiger partial charge in [-0.3, -0.25) is 0 Å². The molecule has 0 aliphatic rings. The number of aliphatic imine (C=N–C) groups is 1. The number of benzene rings is 1. The zero-order chi connectivity index (χ0) is 15.7. The molecule has 1 rings (SSSR count). The minimum absolute atomic E-state index is 0.0381. The summed E-state index contributed by atoms with van der Waals surface area (Å²) in [5, 5.41) is 3.10. The molecule has 5 nitrogen and oxygen atoms in total. The molecule has 0 bridgehead atoms. The lowest BCUT2D eigenvalue weighted by atomic mass is 10.1. The maximum atomic E-state index is 5.81. The Morgan fingerprint density at radius 2 is 1.81 bits per heavy atom.